The third kappa shape index (κ3) is 3.62. The molecule has 0 aliphatic carbocycles. The molecule has 2 aromatic rings. The lowest BCUT2D eigenvalue weighted by Gasteiger charge is -2.08. The Morgan fingerprint density at radius 2 is 2.10 bits per heavy atom. The Labute approximate surface area is 126 Å². The standard InChI is InChI=1S/C14H12Cl2N2O2/c1-2-20-14(19)9-3-6-13(17-8-9)18-12-7-10(15)4-5-11(12)16/h3-8H,2H2,1H3,(H,17,18). The number of carbonyl (C=O) groups is 1. The molecule has 4 nitrogen and oxygen atoms in total. The Hall–Kier alpha value is -1.78. The van der Waals surface area contributed by atoms with Crippen molar-refractivity contribution in [2.24, 2.45) is 0 Å². The van der Waals surface area contributed by atoms with E-state index in [2.05, 4.69) is 10.3 Å². The summed E-state index contributed by atoms with van der Waals surface area (Å²) in [5.41, 5.74) is 1.05. The first-order valence-electron chi connectivity index (χ1n) is 5.95. The second-order valence-electron chi connectivity index (χ2n) is 3.90. The molecule has 0 saturated heterocycles. The molecule has 1 aromatic carbocycles. The molecular weight excluding hydrogens is 299 g/mol. The number of benzene rings is 1. The van der Waals surface area contributed by atoms with Gasteiger partial charge >= 0.3 is 5.97 Å². The molecule has 20 heavy (non-hydrogen) atoms. The summed E-state index contributed by atoms with van der Waals surface area (Å²) in [4.78, 5) is 15.6. The molecule has 6 heteroatoms. The molecule has 0 fully saturated rings. The topological polar surface area (TPSA) is 51.2 Å². The third-order valence-electron chi connectivity index (χ3n) is 2.47. The van der Waals surface area contributed by atoms with E-state index in [0.29, 0.717) is 33.7 Å². The van der Waals surface area contributed by atoms with Crippen molar-refractivity contribution in [2.75, 3.05) is 11.9 Å². The summed E-state index contributed by atoms with van der Waals surface area (Å²) in [6, 6.07) is 8.39. The Morgan fingerprint density at radius 1 is 1.30 bits per heavy atom. The van der Waals surface area contributed by atoms with E-state index in [1.165, 1.54) is 6.20 Å². The van der Waals surface area contributed by atoms with E-state index in [9.17, 15) is 4.79 Å². The van der Waals surface area contributed by atoms with Crippen molar-refractivity contribution >= 4 is 40.7 Å². The van der Waals surface area contributed by atoms with Crippen LogP contribution in [0.5, 0.6) is 0 Å². The normalized spacial score (nSPS) is 10.2. The minimum absolute atomic E-state index is 0.330. The number of aromatic nitrogens is 1. The van der Waals surface area contributed by atoms with Crippen LogP contribution >= 0.6 is 23.2 Å². The molecule has 0 aliphatic heterocycles. The van der Waals surface area contributed by atoms with Gasteiger partial charge in [-0.3, -0.25) is 0 Å². The van der Waals surface area contributed by atoms with Gasteiger partial charge in [0.15, 0.2) is 0 Å². The van der Waals surface area contributed by atoms with Gasteiger partial charge in [0.1, 0.15) is 5.82 Å². The average Bonchev–Trinajstić information content (AvgIpc) is 2.44. The van der Waals surface area contributed by atoms with Crippen LogP contribution in [-0.4, -0.2) is 17.6 Å². The number of halogens is 2. The fourth-order valence-electron chi connectivity index (χ4n) is 1.53. The molecule has 1 N–H and O–H groups in total. The molecule has 0 atom stereocenters. The number of esters is 1. The van der Waals surface area contributed by atoms with E-state index in [0.717, 1.165) is 0 Å². The predicted octanol–water partition coefficient (Wildman–Crippen LogP) is 4.31. The highest BCUT2D eigenvalue weighted by Gasteiger charge is 2.07. The molecule has 0 radical (unpaired) electrons. The van der Waals surface area contributed by atoms with E-state index in [4.69, 9.17) is 27.9 Å². The first-order valence-corrected chi connectivity index (χ1v) is 6.71. The van der Waals surface area contributed by atoms with Crippen LogP contribution in [0.25, 0.3) is 0 Å². The maximum Gasteiger partial charge on any atom is 0.339 e. The van der Waals surface area contributed by atoms with Crippen LogP contribution in [0.4, 0.5) is 11.5 Å². The summed E-state index contributed by atoms with van der Waals surface area (Å²) < 4.78 is 4.88. The molecule has 0 amide bonds. The van der Waals surface area contributed by atoms with Crippen LogP contribution in [0.1, 0.15) is 17.3 Å². The summed E-state index contributed by atoms with van der Waals surface area (Å²) in [5.74, 6) is 0.162. The summed E-state index contributed by atoms with van der Waals surface area (Å²) in [7, 11) is 0. The Balaban J connectivity index is 2.14. The second kappa shape index (κ2) is 6.59. The number of pyridine rings is 1. The summed E-state index contributed by atoms with van der Waals surface area (Å²) in [6.45, 7) is 2.08. The van der Waals surface area contributed by atoms with Crippen molar-refractivity contribution in [3.63, 3.8) is 0 Å². The number of hydrogen-bond acceptors (Lipinski definition) is 4. The zero-order valence-corrected chi connectivity index (χ0v) is 12.2. The molecule has 0 aliphatic rings. The highest BCUT2D eigenvalue weighted by atomic mass is 35.5. The number of carbonyl (C=O) groups excluding carboxylic acids is 1. The summed E-state index contributed by atoms with van der Waals surface area (Å²) in [5, 5.41) is 4.13. The van der Waals surface area contributed by atoms with Crippen LogP contribution < -0.4 is 5.32 Å². The van der Waals surface area contributed by atoms with Gasteiger partial charge in [-0.25, -0.2) is 9.78 Å². The van der Waals surface area contributed by atoms with Gasteiger partial charge < -0.3 is 10.1 Å². The van der Waals surface area contributed by atoms with Gasteiger partial charge in [0.05, 0.1) is 22.9 Å². The Morgan fingerprint density at radius 3 is 2.75 bits per heavy atom. The van der Waals surface area contributed by atoms with Gasteiger partial charge in [0.2, 0.25) is 0 Å². The minimum atomic E-state index is -0.396. The van der Waals surface area contributed by atoms with Crippen LogP contribution in [0.15, 0.2) is 36.5 Å². The van der Waals surface area contributed by atoms with Gasteiger partial charge in [0.25, 0.3) is 0 Å². The lowest BCUT2D eigenvalue weighted by Crippen LogP contribution is -2.05. The van der Waals surface area contributed by atoms with Crippen molar-refractivity contribution in [1.82, 2.24) is 4.98 Å². The second-order valence-corrected chi connectivity index (χ2v) is 4.75. The lowest BCUT2D eigenvalue weighted by molar-refractivity contribution is 0.0526. The van der Waals surface area contributed by atoms with Crippen molar-refractivity contribution in [3.05, 3.63) is 52.1 Å². The fourth-order valence-corrected chi connectivity index (χ4v) is 1.87. The number of hydrogen-bond donors (Lipinski definition) is 1. The van der Waals surface area contributed by atoms with E-state index >= 15 is 0 Å². The quantitative estimate of drug-likeness (QED) is 0.855. The number of ether oxygens (including phenoxy) is 1. The smallest absolute Gasteiger partial charge is 0.339 e. The van der Waals surface area contributed by atoms with Crippen molar-refractivity contribution < 1.29 is 9.53 Å². The molecule has 2 rings (SSSR count). The van der Waals surface area contributed by atoms with E-state index in [1.807, 2.05) is 0 Å². The van der Waals surface area contributed by atoms with Gasteiger partial charge in [-0.15, -0.1) is 0 Å². The highest BCUT2D eigenvalue weighted by molar-refractivity contribution is 6.35. The van der Waals surface area contributed by atoms with Crippen molar-refractivity contribution in [3.8, 4) is 0 Å². The number of rotatable bonds is 4. The first kappa shape index (κ1) is 14.6. The lowest BCUT2D eigenvalue weighted by atomic mass is 10.2. The van der Waals surface area contributed by atoms with Crippen LogP contribution in [0.3, 0.4) is 0 Å². The highest BCUT2D eigenvalue weighted by Crippen LogP contribution is 2.27. The Bertz CT molecular complexity index is 615. The average molecular weight is 311 g/mol. The molecule has 0 spiro atoms. The monoisotopic (exact) mass is 310 g/mol. The van der Waals surface area contributed by atoms with Crippen molar-refractivity contribution in [1.29, 1.82) is 0 Å². The van der Waals surface area contributed by atoms with Crippen molar-refractivity contribution in [2.45, 2.75) is 6.92 Å². The molecule has 0 saturated carbocycles. The predicted molar refractivity (Wildman–Crippen MR) is 79.9 cm³/mol. The van der Waals surface area contributed by atoms with Gasteiger partial charge in [-0.1, -0.05) is 23.2 Å². The number of nitrogens with zero attached hydrogens (tertiary/aromatic N) is 1. The van der Waals surface area contributed by atoms with Crippen LogP contribution in [-0.2, 0) is 4.74 Å². The Kier molecular flexibility index (Phi) is 4.82. The SMILES string of the molecule is CCOC(=O)c1ccc(Nc2cc(Cl)ccc2Cl)nc1. The van der Waals surface area contributed by atoms with Gasteiger partial charge in [-0.05, 0) is 37.3 Å². The molecule has 1 heterocycles. The molecular formula is C14H12Cl2N2O2. The maximum atomic E-state index is 11.5. The molecule has 1 aromatic heterocycles. The molecule has 0 bridgehead atoms. The fraction of sp³-hybridized carbons (Fsp3) is 0.143. The van der Waals surface area contributed by atoms with E-state index in [1.54, 1.807) is 37.3 Å². The minimum Gasteiger partial charge on any atom is -0.462 e. The molecule has 104 valence electrons. The maximum absolute atomic E-state index is 11.5. The number of nitrogens with one attached hydrogen (secondary N) is 1. The number of anilines is 2. The van der Waals surface area contributed by atoms with E-state index < -0.39 is 5.97 Å². The zero-order valence-electron chi connectivity index (χ0n) is 10.7. The zero-order chi connectivity index (χ0) is 14.5. The van der Waals surface area contributed by atoms with Crippen LogP contribution in [0.2, 0.25) is 10.0 Å². The first-order chi connectivity index (χ1) is 9.60. The largest absolute Gasteiger partial charge is 0.462 e. The van der Waals surface area contributed by atoms with E-state index in [-0.39, 0.29) is 0 Å². The summed E-state index contributed by atoms with van der Waals surface area (Å²) in [6.07, 6.45) is 1.44. The van der Waals surface area contributed by atoms with Gasteiger partial charge in [-0.2, -0.15) is 0 Å². The molecule has 0 unspecified atom stereocenters. The van der Waals surface area contributed by atoms with Crippen LogP contribution in [0, 0.1) is 0 Å². The third-order valence-corrected chi connectivity index (χ3v) is 3.03. The van der Waals surface area contributed by atoms with Gasteiger partial charge in [0, 0.05) is 11.2 Å². The summed E-state index contributed by atoms with van der Waals surface area (Å²) >= 11 is 12.0.